The molecule has 3 aliphatic rings. The minimum atomic E-state index is -0.979. The van der Waals surface area contributed by atoms with Gasteiger partial charge in [0.2, 0.25) is 0 Å². The van der Waals surface area contributed by atoms with E-state index in [1.165, 1.54) is 4.90 Å². The molecular weight excluding hydrogens is 476 g/mol. The molecule has 11 nitrogen and oxygen atoms in total. The number of ether oxygens (including phenoxy) is 2. The lowest BCUT2D eigenvalue weighted by Gasteiger charge is -2.54. The highest BCUT2D eigenvalue weighted by Gasteiger charge is 2.54. The summed E-state index contributed by atoms with van der Waals surface area (Å²) in [7, 11) is 0. The molecule has 0 radical (unpaired) electrons. The largest absolute Gasteiger partial charge is 0.465 e. The Kier molecular flexibility index (Phi) is 6.98. The third-order valence-corrected chi connectivity index (χ3v) is 7.04. The zero-order valence-corrected chi connectivity index (χ0v) is 20.9. The van der Waals surface area contributed by atoms with Gasteiger partial charge in [0.1, 0.15) is 5.82 Å². The van der Waals surface area contributed by atoms with E-state index >= 15 is 0 Å². The van der Waals surface area contributed by atoms with Crippen LogP contribution in [0.25, 0.3) is 11.4 Å². The number of morpholine rings is 1. The van der Waals surface area contributed by atoms with Gasteiger partial charge in [-0.25, -0.2) is 19.6 Å². The predicted octanol–water partition coefficient (Wildman–Crippen LogP) is 3.04. The van der Waals surface area contributed by atoms with Crippen LogP contribution < -0.4 is 15.5 Å². The van der Waals surface area contributed by atoms with Gasteiger partial charge < -0.3 is 30.1 Å². The van der Waals surface area contributed by atoms with Gasteiger partial charge in [0.25, 0.3) is 0 Å². The van der Waals surface area contributed by atoms with Crippen molar-refractivity contribution < 1.29 is 24.2 Å². The summed E-state index contributed by atoms with van der Waals surface area (Å²) in [5.74, 6) is 1.29. The number of amides is 3. The van der Waals surface area contributed by atoms with Crippen molar-refractivity contribution in [2.24, 2.45) is 0 Å². The predicted molar refractivity (Wildman–Crippen MR) is 138 cm³/mol. The van der Waals surface area contributed by atoms with Crippen molar-refractivity contribution in [2.75, 3.05) is 56.3 Å². The third kappa shape index (κ3) is 4.72. The molecule has 1 aromatic carbocycles. The molecule has 2 aromatic rings. The fourth-order valence-corrected chi connectivity index (χ4v) is 5.32. The fraction of sp³-hybridized carbons (Fsp3) is 0.462. The van der Waals surface area contributed by atoms with E-state index in [1.54, 1.807) is 6.08 Å². The van der Waals surface area contributed by atoms with E-state index < -0.39 is 17.7 Å². The molecule has 2 fully saturated rings. The Morgan fingerprint density at radius 1 is 1.19 bits per heavy atom. The Labute approximate surface area is 215 Å². The number of hydrogen-bond acceptors (Lipinski definition) is 7. The first-order valence-corrected chi connectivity index (χ1v) is 12.6. The van der Waals surface area contributed by atoms with E-state index in [0.29, 0.717) is 70.4 Å². The van der Waals surface area contributed by atoms with Gasteiger partial charge in [0.05, 0.1) is 43.7 Å². The van der Waals surface area contributed by atoms with Crippen molar-refractivity contribution >= 4 is 23.6 Å². The summed E-state index contributed by atoms with van der Waals surface area (Å²) in [5, 5.41) is 15.8. The summed E-state index contributed by atoms with van der Waals surface area (Å²) in [4.78, 5) is 38.1. The van der Waals surface area contributed by atoms with Crippen LogP contribution in [-0.4, -0.2) is 83.7 Å². The number of carbonyl (C=O) groups excluding carboxylic acids is 1. The van der Waals surface area contributed by atoms with Crippen molar-refractivity contribution in [3.05, 3.63) is 48.2 Å². The first-order chi connectivity index (χ1) is 18.0. The molecule has 0 saturated carbocycles. The average Bonchev–Trinajstić information content (AvgIpc) is 2.87. The molecule has 1 unspecified atom stereocenters. The second-order valence-corrected chi connectivity index (χ2v) is 9.48. The second-order valence-electron chi connectivity index (χ2n) is 9.48. The van der Waals surface area contributed by atoms with E-state index in [9.17, 15) is 14.7 Å². The van der Waals surface area contributed by atoms with Crippen molar-refractivity contribution in [3.63, 3.8) is 0 Å². The van der Waals surface area contributed by atoms with Crippen molar-refractivity contribution in [3.8, 4) is 11.4 Å². The number of rotatable bonds is 6. The highest BCUT2D eigenvalue weighted by molar-refractivity contribution is 5.89. The lowest BCUT2D eigenvalue weighted by molar-refractivity contribution is -0.146. The molecular formula is C26H32N6O5. The minimum absolute atomic E-state index is 0.265. The Morgan fingerprint density at radius 3 is 2.51 bits per heavy atom. The Hall–Kier alpha value is -3.70. The Morgan fingerprint density at radius 2 is 1.92 bits per heavy atom. The van der Waals surface area contributed by atoms with Gasteiger partial charge in [-0.2, -0.15) is 0 Å². The molecule has 1 spiro atoms. The van der Waals surface area contributed by atoms with E-state index in [1.807, 2.05) is 31.2 Å². The van der Waals surface area contributed by atoms with E-state index in [2.05, 4.69) is 22.1 Å². The number of aromatic nitrogens is 2. The maximum Gasteiger partial charge on any atom is 0.408 e. The van der Waals surface area contributed by atoms with Gasteiger partial charge >= 0.3 is 12.1 Å². The van der Waals surface area contributed by atoms with Crippen molar-refractivity contribution in [1.82, 2.24) is 20.2 Å². The van der Waals surface area contributed by atoms with Gasteiger partial charge in [-0.3, -0.25) is 4.90 Å². The molecule has 4 heterocycles. The summed E-state index contributed by atoms with van der Waals surface area (Å²) >= 11 is 0. The lowest BCUT2D eigenvalue weighted by Crippen LogP contribution is -2.67. The first kappa shape index (κ1) is 25.0. The molecule has 5 rings (SSSR count). The summed E-state index contributed by atoms with van der Waals surface area (Å²) in [6, 6.07) is 6.66. The van der Waals surface area contributed by atoms with Crippen molar-refractivity contribution in [1.29, 1.82) is 0 Å². The highest BCUT2D eigenvalue weighted by atomic mass is 16.5. The molecule has 11 heteroatoms. The number of hydrogen-bond donors (Lipinski definition) is 3. The van der Waals surface area contributed by atoms with Gasteiger partial charge in [0.15, 0.2) is 5.82 Å². The van der Waals surface area contributed by atoms with Crippen LogP contribution >= 0.6 is 0 Å². The van der Waals surface area contributed by atoms with E-state index in [4.69, 9.17) is 19.4 Å². The standard InChI is InChI=1S/C26H32N6O5/c1-3-5-20-21-19(14-26(15-37-16-26)32(20)25(34)35)29-22(30-23(21)31-10-12-36-13-11-31)17-6-8-18(9-7-17)28-24(33)27-4-2/h3,6-9,20H,1,4-5,10-16H2,2H3,(H,34,35)(H2,27,28,33). The molecule has 1 aromatic heterocycles. The zero-order valence-electron chi connectivity index (χ0n) is 20.9. The topological polar surface area (TPSA) is 129 Å². The van der Waals surface area contributed by atoms with Crippen LogP contribution in [0, 0.1) is 0 Å². The number of benzene rings is 1. The van der Waals surface area contributed by atoms with E-state index in [0.717, 1.165) is 22.6 Å². The maximum absolute atomic E-state index is 12.5. The summed E-state index contributed by atoms with van der Waals surface area (Å²) in [5.41, 5.74) is 2.48. The van der Waals surface area contributed by atoms with Crippen LogP contribution in [0.15, 0.2) is 36.9 Å². The maximum atomic E-state index is 12.5. The van der Waals surface area contributed by atoms with Gasteiger partial charge in [-0.1, -0.05) is 6.08 Å². The van der Waals surface area contributed by atoms with Gasteiger partial charge in [-0.15, -0.1) is 6.58 Å². The van der Waals surface area contributed by atoms with Crippen LogP contribution in [0.5, 0.6) is 0 Å². The highest BCUT2D eigenvalue weighted by Crippen LogP contribution is 2.47. The Balaban J connectivity index is 1.59. The second kappa shape index (κ2) is 10.3. The third-order valence-electron chi connectivity index (χ3n) is 7.04. The molecule has 0 aliphatic carbocycles. The molecule has 3 N–H and O–H groups in total. The number of carbonyl (C=O) groups is 2. The average molecular weight is 509 g/mol. The first-order valence-electron chi connectivity index (χ1n) is 12.6. The summed E-state index contributed by atoms with van der Waals surface area (Å²) in [6.45, 7) is 9.41. The molecule has 37 heavy (non-hydrogen) atoms. The number of fused-ring (bicyclic) bond motifs is 1. The van der Waals surface area contributed by atoms with Crippen LogP contribution in [0.1, 0.15) is 30.6 Å². The van der Waals surface area contributed by atoms with Gasteiger partial charge in [0, 0.05) is 42.9 Å². The van der Waals surface area contributed by atoms with Crippen molar-refractivity contribution in [2.45, 2.75) is 31.3 Å². The number of urea groups is 1. The zero-order chi connectivity index (χ0) is 26.0. The summed E-state index contributed by atoms with van der Waals surface area (Å²) in [6.07, 6.45) is 1.67. The molecule has 3 amide bonds. The Bertz CT molecular complexity index is 1180. The SMILES string of the molecule is C=CCC1c2c(nc(-c3ccc(NC(=O)NCC)cc3)nc2N2CCOCC2)CC2(COC2)N1C(=O)O. The van der Waals surface area contributed by atoms with Crippen LogP contribution in [0.2, 0.25) is 0 Å². The van der Waals surface area contributed by atoms with Crippen LogP contribution in [0.3, 0.4) is 0 Å². The fourth-order valence-electron chi connectivity index (χ4n) is 5.32. The number of nitrogens with zero attached hydrogens (tertiary/aromatic N) is 4. The van der Waals surface area contributed by atoms with E-state index in [-0.39, 0.29) is 6.03 Å². The monoisotopic (exact) mass is 508 g/mol. The molecule has 196 valence electrons. The normalized spacial score (nSPS) is 20.1. The van der Waals surface area contributed by atoms with Gasteiger partial charge in [-0.05, 0) is 37.6 Å². The lowest BCUT2D eigenvalue weighted by atomic mass is 9.79. The molecule has 3 aliphatic heterocycles. The van der Waals surface area contributed by atoms with Crippen LogP contribution in [0.4, 0.5) is 21.1 Å². The number of anilines is 2. The number of nitrogens with one attached hydrogen (secondary N) is 2. The smallest absolute Gasteiger partial charge is 0.408 e. The number of carboxylic acid groups (broad SMARTS) is 1. The minimum Gasteiger partial charge on any atom is -0.465 e. The summed E-state index contributed by atoms with van der Waals surface area (Å²) < 4.78 is 11.1. The quantitative estimate of drug-likeness (QED) is 0.508. The molecule has 0 bridgehead atoms. The molecule has 1 atom stereocenters. The van der Waals surface area contributed by atoms with Crippen LogP contribution in [-0.2, 0) is 15.9 Å². The molecule has 2 saturated heterocycles.